The van der Waals surface area contributed by atoms with Crippen LogP contribution in [0, 0.1) is 0 Å². The van der Waals surface area contributed by atoms with Gasteiger partial charge in [-0.2, -0.15) is 8.42 Å². The molecule has 0 amide bonds. The summed E-state index contributed by atoms with van der Waals surface area (Å²) in [5.74, 6) is 0. The van der Waals surface area contributed by atoms with E-state index in [1.54, 1.807) is 13.8 Å². The molecule has 6 nitrogen and oxygen atoms in total. The number of likely N-dealkylation sites (tertiary alicyclic amines) is 1. The number of rotatable bonds is 6. The van der Waals surface area contributed by atoms with E-state index in [0.29, 0.717) is 19.5 Å². The first-order valence-electron chi connectivity index (χ1n) is 6.50. The van der Waals surface area contributed by atoms with Gasteiger partial charge in [0, 0.05) is 6.54 Å². The zero-order valence-corrected chi connectivity index (χ0v) is 13.2. The van der Waals surface area contributed by atoms with E-state index in [9.17, 15) is 16.8 Å². The summed E-state index contributed by atoms with van der Waals surface area (Å²) >= 11 is 0. The van der Waals surface area contributed by atoms with Crippen LogP contribution in [0.2, 0.25) is 0 Å². The van der Waals surface area contributed by atoms with Crippen molar-refractivity contribution in [2.75, 3.05) is 13.1 Å². The van der Waals surface area contributed by atoms with Crippen molar-refractivity contribution in [2.24, 2.45) is 0 Å². The average Bonchev–Trinajstić information content (AvgIpc) is 2.72. The normalized spacial score (nSPS) is 23.9. The van der Waals surface area contributed by atoms with Gasteiger partial charge in [0.2, 0.25) is 0 Å². The lowest BCUT2D eigenvalue weighted by molar-refractivity contribution is 0.298. The molecule has 1 N–H and O–H groups in total. The van der Waals surface area contributed by atoms with Crippen molar-refractivity contribution in [3.8, 4) is 0 Å². The predicted molar refractivity (Wildman–Crippen MR) is 74.3 cm³/mol. The number of hydrogen-bond donors (Lipinski definition) is 1. The first-order chi connectivity index (χ1) is 8.56. The summed E-state index contributed by atoms with van der Waals surface area (Å²) < 4.78 is 55.1. The summed E-state index contributed by atoms with van der Waals surface area (Å²) in [4.78, 5) is 1.82. The number of hydrogen-bond acceptors (Lipinski definition) is 5. The van der Waals surface area contributed by atoms with Gasteiger partial charge in [-0.05, 0) is 46.6 Å². The second kappa shape index (κ2) is 6.07. The minimum absolute atomic E-state index is 0.239. The van der Waals surface area contributed by atoms with Crippen LogP contribution in [0.1, 0.15) is 40.0 Å². The Morgan fingerprint density at radius 1 is 1.21 bits per heavy atom. The lowest BCUT2D eigenvalue weighted by Crippen LogP contribution is -2.41. The summed E-state index contributed by atoms with van der Waals surface area (Å²) in [6.45, 7) is 5.78. The molecule has 0 aliphatic carbocycles. The molecule has 1 unspecified atom stereocenters. The summed E-state index contributed by atoms with van der Waals surface area (Å²) in [5, 5.41) is -1.81. The van der Waals surface area contributed by atoms with Crippen molar-refractivity contribution >= 4 is 20.0 Å². The Hall–Kier alpha value is -0.180. The molecule has 2 atom stereocenters. The van der Waals surface area contributed by atoms with E-state index >= 15 is 0 Å². The fourth-order valence-corrected chi connectivity index (χ4v) is 4.39. The van der Waals surface area contributed by atoms with Gasteiger partial charge in [-0.15, -0.1) is 0 Å². The summed E-state index contributed by atoms with van der Waals surface area (Å²) in [6.07, 6.45) is 1.64. The van der Waals surface area contributed by atoms with Gasteiger partial charge in [0.1, 0.15) is 5.37 Å². The topological polar surface area (TPSA) is 91.8 Å². The molecule has 0 aromatic carbocycles. The van der Waals surface area contributed by atoms with E-state index in [0.717, 1.165) is 6.42 Å². The molecule has 1 fully saturated rings. The minimum Gasteiger partial charge on any atom is -0.287 e. The first kappa shape index (κ1) is 16.9. The summed E-state index contributed by atoms with van der Waals surface area (Å²) in [7, 11) is -7.24. The second-order valence-corrected chi connectivity index (χ2v) is 9.88. The molecule has 1 rings (SSSR count). The van der Waals surface area contributed by atoms with Gasteiger partial charge in [0.05, 0.1) is 10.5 Å². The molecule has 114 valence electrons. The third-order valence-electron chi connectivity index (χ3n) is 3.67. The molecule has 0 bridgehead atoms. The van der Waals surface area contributed by atoms with Gasteiger partial charge >= 0.3 is 0 Å². The third kappa shape index (κ3) is 4.14. The van der Waals surface area contributed by atoms with Crippen molar-refractivity contribution in [1.29, 1.82) is 0 Å². The molecule has 8 heteroatoms. The zero-order chi connectivity index (χ0) is 14.8. The highest BCUT2D eigenvalue weighted by Gasteiger charge is 2.37. The van der Waals surface area contributed by atoms with Gasteiger partial charge < -0.3 is 0 Å². The highest BCUT2D eigenvalue weighted by Crippen LogP contribution is 2.25. The van der Waals surface area contributed by atoms with Gasteiger partial charge in [0.15, 0.2) is 9.84 Å². The predicted octanol–water partition coefficient (Wildman–Crippen LogP) is 0.898. The zero-order valence-electron chi connectivity index (χ0n) is 11.6. The van der Waals surface area contributed by atoms with Crippen LogP contribution in [-0.4, -0.2) is 55.3 Å². The Bertz CT molecular complexity index is 497. The summed E-state index contributed by atoms with van der Waals surface area (Å²) in [5.41, 5.74) is 0. The van der Waals surface area contributed by atoms with Gasteiger partial charge in [-0.25, -0.2) is 8.42 Å². The van der Waals surface area contributed by atoms with Crippen LogP contribution in [0.25, 0.3) is 0 Å². The molecular formula is C11H23NO5S2. The Labute approximate surface area is 115 Å². The Kier molecular flexibility index (Phi) is 5.39. The van der Waals surface area contributed by atoms with Crippen LogP contribution in [0.15, 0.2) is 0 Å². The molecule has 0 radical (unpaired) electrons. The van der Waals surface area contributed by atoms with Crippen LogP contribution in [0.3, 0.4) is 0 Å². The van der Waals surface area contributed by atoms with Crippen LogP contribution in [0.5, 0.6) is 0 Å². The standard InChI is InChI=1S/C11H23NO5S2/c1-9(2)18(13,14)11-5-4-7-12(11)8-6-10(3)19(15,16)17/h9-11H,4-8H2,1-3H3,(H,15,16,17)/t10?,11-/m0/s1. The smallest absolute Gasteiger partial charge is 0.267 e. The molecular weight excluding hydrogens is 290 g/mol. The number of sulfone groups is 1. The minimum atomic E-state index is -4.04. The van der Waals surface area contributed by atoms with Crippen molar-refractivity contribution < 1.29 is 21.4 Å². The van der Waals surface area contributed by atoms with E-state index in [2.05, 4.69) is 0 Å². The van der Waals surface area contributed by atoms with Crippen molar-refractivity contribution in [2.45, 2.75) is 55.9 Å². The lowest BCUT2D eigenvalue weighted by Gasteiger charge is -2.26. The fraction of sp³-hybridized carbons (Fsp3) is 1.00. The van der Waals surface area contributed by atoms with E-state index < -0.39 is 35.8 Å². The second-order valence-electron chi connectivity index (χ2n) is 5.38. The molecule has 1 aliphatic rings. The molecule has 0 saturated carbocycles. The fourth-order valence-electron chi connectivity index (χ4n) is 2.23. The molecule has 0 spiro atoms. The maximum absolute atomic E-state index is 12.2. The molecule has 1 saturated heterocycles. The van der Waals surface area contributed by atoms with E-state index in [4.69, 9.17) is 4.55 Å². The first-order valence-corrected chi connectivity index (χ1v) is 9.61. The molecule has 19 heavy (non-hydrogen) atoms. The Balaban J connectivity index is 2.69. The molecule has 1 aliphatic heterocycles. The van der Waals surface area contributed by atoms with Crippen LogP contribution in [-0.2, 0) is 20.0 Å². The van der Waals surface area contributed by atoms with Crippen LogP contribution in [0.4, 0.5) is 0 Å². The van der Waals surface area contributed by atoms with Gasteiger partial charge in [-0.3, -0.25) is 9.45 Å². The monoisotopic (exact) mass is 313 g/mol. The summed E-state index contributed by atoms with van der Waals surface area (Å²) in [6, 6.07) is 0. The largest absolute Gasteiger partial charge is 0.287 e. The maximum Gasteiger partial charge on any atom is 0.267 e. The van der Waals surface area contributed by atoms with E-state index in [1.165, 1.54) is 6.92 Å². The van der Waals surface area contributed by atoms with Crippen LogP contribution < -0.4 is 0 Å². The number of nitrogens with zero attached hydrogens (tertiary/aromatic N) is 1. The van der Waals surface area contributed by atoms with E-state index in [-0.39, 0.29) is 6.42 Å². The lowest BCUT2D eigenvalue weighted by atomic mass is 10.3. The van der Waals surface area contributed by atoms with Gasteiger partial charge in [-0.1, -0.05) is 0 Å². The maximum atomic E-state index is 12.2. The highest BCUT2D eigenvalue weighted by molar-refractivity contribution is 7.92. The third-order valence-corrected chi connectivity index (χ3v) is 7.53. The quantitative estimate of drug-likeness (QED) is 0.732. The molecule has 1 heterocycles. The SMILES string of the molecule is CC(CCN1CCC[C@@H]1S(=O)(=O)C(C)C)S(=O)(=O)O. The van der Waals surface area contributed by atoms with Crippen molar-refractivity contribution in [3.05, 3.63) is 0 Å². The average molecular weight is 313 g/mol. The van der Waals surface area contributed by atoms with Crippen molar-refractivity contribution in [3.63, 3.8) is 0 Å². The Morgan fingerprint density at radius 2 is 1.79 bits per heavy atom. The molecule has 0 aromatic rings. The molecule has 0 aromatic heterocycles. The van der Waals surface area contributed by atoms with E-state index in [1.807, 2.05) is 4.90 Å². The highest BCUT2D eigenvalue weighted by atomic mass is 32.2. The Morgan fingerprint density at radius 3 is 2.26 bits per heavy atom. The van der Waals surface area contributed by atoms with Crippen molar-refractivity contribution in [1.82, 2.24) is 4.90 Å². The van der Waals surface area contributed by atoms with Crippen LogP contribution >= 0.6 is 0 Å². The van der Waals surface area contributed by atoms with Gasteiger partial charge in [0.25, 0.3) is 10.1 Å².